The minimum absolute atomic E-state index is 0.113. The van der Waals surface area contributed by atoms with Crippen LogP contribution in [0.15, 0.2) is 42.5 Å². The monoisotopic (exact) mass is 298 g/mol. The standard InChI is InChI=1S/C18H19O2P/c1-12-11-14-13(18(12)19)7-6-10-16(14)21(3)17-9-5-4-8-15(17)20-2/h4-10,12H,11H2,1-3H3. The number of methoxy groups -OCH3 is 1. The summed E-state index contributed by atoms with van der Waals surface area (Å²) in [5.41, 5.74) is 2.17. The van der Waals surface area contributed by atoms with Crippen molar-refractivity contribution in [3.05, 3.63) is 53.6 Å². The van der Waals surface area contributed by atoms with Gasteiger partial charge in [-0.3, -0.25) is 4.79 Å². The molecule has 0 saturated heterocycles. The highest BCUT2D eigenvalue weighted by Crippen LogP contribution is 2.37. The second-order valence-corrected chi connectivity index (χ2v) is 7.59. The van der Waals surface area contributed by atoms with Crippen molar-refractivity contribution in [2.75, 3.05) is 13.8 Å². The van der Waals surface area contributed by atoms with E-state index in [9.17, 15) is 4.79 Å². The Labute approximate surface area is 126 Å². The van der Waals surface area contributed by atoms with Crippen molar-refractivity contribution < 1.29 is 9.53 Å². The Kier molecular flexibility index (Phi) is 3.82. The fraction of sp³-hybridized carbons (Fsp3) is 0.278. The van der Waals surface area contributed by atoms with Gasteiger partial charge in [0, 0.05) is 16.8 Å². The maximum absolute atomic E-state index is 12.2. The van der Waals surface area contributed by atoms with E-state index in [1.54, 1.807) is 7.11 Å². The molecule has 2 atom stereocenters. The smallest absolute Gasteiger partial charge is 0.166 e. The number of carbonyl (C=O) groups is 1. The molecule has 0 N–H and O–H groups in total. The van der Waals surface area contributed by atoms with Gasteiger partial charge in [0.2, 0.25) is 0 Å². The van der Waals surface area contributed by atoms with Gasteiger partial charge in [-0.1, -0.05) is 43.3 Å². The molecule has 0 radical (unpaired) electrons. The second-order valence-electron chi connectivity index (χ2n) is 5.50. The molecule has 2 aromatic carbocycles. The molecule has 0 saturated carbocycles. The molecule has 3 rings (SSSR count). The fourth-order valence-corrected chi connectivity index (χ4v) is 5.03. The van der Waals surface area contributed by atoms with Gasteiger partial charge < -0.3 is 4.74 Å². The van der Waals surface area contributed by atoms with E-state index in [0.717, 1.165) is 17.7 Å². The lowest BCUT2D eigenvalue weighted by Gasteiger charge is -2.19. The summed E-state index contributed by atoms with van der Waals surface area (Å²) in [6, 6.07) is 14.3. The predicted octanol–water partition coefficient (Wildman–Crippen LogP) is 3.13. The van der Waals surface area contributed by atoms with Gasteiger partial charge in [-0.05, 0) is 37.9 Å². The fourth-order valence-electron chi connectivity index (χ4n) is 3.04. The quantitative estimate of drug-likeness (QED) is 0.814. The van der Waals surface area contributed by atoms with Crippen molar-refractivity contribution >= 4 is 24.3 Å². The SMILES string of the molecule is COc1ccccc1P(C)c1cccc2c1CC(C)C2=O. The zero-order chi connectivity index (χ0) is 15.0. The van der Waals surface area contributed by atoms with Gasteiger partial charge in [-0.25, -0.2) is 0 Å². The highest BCUT2D eigenvalue weighted by molar-refractivity contribution is 7.72. The van der Waals surface area contributed by atoms with Gasteiger partial charge in [-0.15, -0.1) is 0 Å². The van der Waals surface area contributed by atoms with Crippen LogP contribution in [0.1, 0.15) is 22.8 Å². The molecule has 0 aromatic heterocycles. The van der Waals surface area contributed by atoms with Crippen LogP contribution in [0, 0.1) is 5.92 Å². The Bertz CT molecular complexity index is 693. The molecule has 0 fully saturated rings. The van der Waals surface area contributed by atoms with Crippen LogP contribution >= 0.6 is 7.92 Å². The normalized spacial score (nSPS) is 18.4. The third-order valence-electron chi connectivity index (χ3n) is 4.18. The van der Waals surface area contributed by atoms with Gasteiger partial charge >= 0.3 is 0 Å². The lowest BCUT2D eigenvalue weighted by molar-refractivity contribution is 0.0946. The number of hydrogen-bond acceptors (Lipinski definition) is 2. The van der Waals surface area contributed by atoms with Crippen LogP contribution in [0.4, 0.5) is 0 Å². The molecule has 108 valence electrons. The lowest BCUT2D eigenvalue weighted by atomic mass is 10.1. The zero-order valence-electron chi connectivity index (χ0n) is 12.6. The second kappa shape index (κ2) is 5.61. The summed E-state index contributed by atoms with van der Waals surface area (Å²) in [6.45, 7) is 4.27. The van der Waals surface area contributed by atoms with Crippen LogP contribution in [-0.2, 0) is 6.42 Å². The number of ketones is 1. The van der Waals surface area contributed by atoms with Crippen LogP contribution in [0.2, 0.25) is 0 Å². The topological polar surface area (TPSA) is 26.3 Å². The number of para-hydroxylation sites is 1. The molecule has 1 aliphatic rings. The zero-order valence-corrected chi connectivity index (χ0v) is 13.5. The molecule has 21 heavy (non-hydrogen) atoms. The minimum atomic E-state index is -0.516. The van der Waals surface area contributed by atoms with Crippen molar-refractivity contribution in [3.8, 4) is 5.75 Å². The summed E-state index contributed by atoms with van der Waals surface area (Å²) in [7, 11) is 1.20. The number of benzene rings is 2. The van der Waals surface area contributed by atoms with E-state index in [1.807, 2.05) is 37.3 Å². The van der Waals surface area contributed by atoms with Crippen LogP contribution in [0.5, 0.6) is 5.75 Å². The molecule has 0 amide bonds. The lowest BCUT2D eigenvalue weighted by Crippen LogP contribution is -2.17. The largest absolute Gasteiger partial charge is 0.496 e. The van der Waals surface area contributed by atoms with Crippen LogP contribution in [-0.4, -0.2) is 19.6 Å². The highest BCUT2D eigenvalue weighted by atomic mass is 31.1. The first kappa shape index (κ1) is 14.3. The molecule has 2 nitrogen and oxygen atoms in total. The summed E-state index contributed by atoms with van der Waals surface area (Å²) >= 11 is 0. The van der Waals surface area contributed by atoms with E-state index in [1.165, 1.54) is 16.2 Å². The summed E-state index contributed by atoms with van der Waals surface area (Å²) in [5, 5.41) is 2.54. The first-order chi connectivity index (χ1) is 10.1. The Morgan fingerprint density at radius 2 is 1.81 bits per heavy atom. The number of ether oxygens (including phenoxy) is 1. The third kappa shape index (κ3) is 2.38. The first-order valence-electron chi connectivity index (χ1n) is 7.16. The van der Waals surface area contributed by atoms with E-state index >= 15 is 0 Å². The summed E-state index contributed by atoms with van der Waals surface area (Å²) in [4.78, 5) is 12.2. The third-order valence-corrected chi connectivity index (χ3v) is 6.42. The van der Waals surface area contributed by atoms with Crippen LogP contribution in [0.3, 0.4) is 0 Å². The Morgan fingerprint density at radius 3 is 2.57 bits per heavy atom. The Balaban J connectivity index is 2.08. The van der Waals surface area contributed by atoms with Crippen molar-refractivity contribution in [3.63, 3.8) is 0 Å². The van der Waals surface area contributed by atoms with E-state index < -0.39 is 7.92 Å². The number of hydrogen-bond donors (Lipinski definition) is 0. The molecule has 2 unspecified atom stereocenters. The summed E-state index contributed by atoms with van der Waals surface area (Å²) < 4.78 is 5.50. The average Bonchev–Trinajstić information content (AvgIpc) is 2.81. The van der Waals surface area contributed by atoms with Gasteiger partial charge in [0.25, 0.3) is 0 Å². The predicted molar refractivity (Wildman–Crippen MR) is 88.7 cm³/mol. The molecule has 0 spiro atoms. The van der Waals surface area contributed by atoms with Crippen molar-refractivity contribution in [1.82, 2.24) is 0 Å². The molecule has 0 heterocycles. The number of carbonyl (C=O) groups excluding carboxylic acids is 1. The molecule has 0 aliphatic heterocycles. The summed E-state index contributed by atoms with van der Waals surface area (Å²) in [6.07, 6.45) is 0.867. The van der Waals surface area contributed by atoms with Gasteiger partial charge in [-0.2, -0.15) is 0 Å². The van der Waals surface area contributed by atoms with Gasteiger partial charge in [0.05, 0.1) is 7.11 Å². The number of rotatable bonds is 3. The van der Waals surface area contributed by atoms with Gasteiger partial charge in [0.1, 0.15) is 5.75 Å². The van der Waals surface area contributed by atoms with E-state index in [2.05, 4.69) is 18.8 Å². The van der Waals surface area contributed by atoms with E-state index in [-0.39, 0.29) is 11.7 Å². The molecule has 3 heteroatoms. The molecule has 2 aromatic rings. The maximum atomic E-state index is 12.2. The van der Waals surface area contributed by atoms with Crippen molar-refractivity contribution in [2.45, 2.75) is 13.3 Å². The molecular formula is C18H19O2P. The van der Waals surface area contributed by atoms with E-state index in [4.69, 9.17) is 4.74 Å². The number of Topliss-reactive ketones (excluding diaryl/α,β-unsaturated/α-hetero) is 1. The van der Waals surface area contributed by atoms with Crippen LogP contribution in [0.25, 0.3) is 0 Å². The highest BCUT2D eigenvalue weighted by Gasteiger charge is 2.30. The molecule has 1 aliphatic carbocycles. The Morgan fingerprint density at radius 1 is 1.10 bits per heavy atom. The number of fused-ring (bicyclic) bond motifs is 1. The minimum Gasteiger partial charge on any atom is -0.496 e. The summed E-state index contributed by atoms with van der Waals surface area (Å²) in [5.74, 6) is 1.33. The van der Waals surface area contributed by atoms with Crippen LogP contribution < -0.4 is 15.3 Å². The Hall–Kier alpha value is -1.66. The van der Waals surface area contributed by atoms with E-state index in [0.29, 0.717) is 0 Å². The first-order valence-corrected chi connectivity index (χ1v) is 8.95. The van der Waals surface area contributed by atoms with Crippen molar-refractivity contribution in [2.24, 2.45) is 5.92 Å². The average molecular weight is 298 g/mol. The van der Waals surface area contributed by atoms with Crippen molar-refractivity contribution in [1.29, 1.82) is 0 Å². The molecular weight excluding hydrogens is 279 g/mol. The molecule has 0 bridgehead atoms. The maximum Gasteiger partial charge on any atom is 0.166 e. The van der Waals surface area contributed by atoms with Gasteiger partial charge in [0.15, 0.2) is 5.78 Å².